The maximum absolute atomic E-state index is 12.1. The molecule has 5 nitrogen and oxygen atoms in total. The predicted molar refractivity (Wildman–Crippen MR) is 110 cm³/mol. The van der Waals surface area contributed by atoms with Crippen molar-refractivity contribution in [3.63, 3.8) is 0 Å². The van der Waals surface area contributed by atoms with E-state index in [1.54, 1.807) is 0 Å². The van der Waals surface area contributed by atoms with Crippen LogP contribution >= 0.6 is 0 Å². The van der Waals surface area contributed by atoms with E-state index in [-0.39, 0.29) is 5.91 Å². The lowest BCUT2D eigenvalue weighted by Gasteiger charge is -2.19. The van der Waals surface area contributed by atoms with E-state index >= 15 is 0 Å². The lowest BCUT2D eigenvalue weighted by molar-refractivity contribution is -0.115. The quantitative estimate of drug-likeness (QED) is 0.677. The summed E-state index contributed by atoms with van der Waals surface area (Å²) in [4.78, 5) is 12.1. The number of ether oxygens (including phenoxy) is 2. The van der Waals surface area contributed by atoms with Gasteiger partial charge in [0.25, 0.3) is 0 Å². The van der Waals surface area contributed by atoms with Crippen molar-refractivity contribution in [3.05, 3.63) is 83.9 Å². The van der Waals surface area contributed by atoms with Crippen molar-refractivity contribution < 1.29 is 14.3 Å². The molecule has 0 spiro atoms. The number of para-hydroxylation sites is 1. The lowest BCUT2D eigenvalue weighted by Crippen LogP contribution is -2.15. The van der Waals surface area contributed by atoms with Crippen molar-refractivity contribution >= 4 is 17.3 Å². The Bertz CT molecular complexity index is 940. The second-order valence-electron chi connectivity index (χ2n) is 6.62. The summed E-state index contributed by atoms with van der Waals surface area (Å²) in [6.45, 7) is 1.87. The zero-order chi connectivity index (χ0) is 19.2. The molecule has 1 amide bonds. The molecule has 1 aliphatic rings. The molecular weight excluding hydrogens is 352 g/mol. The van der Waals surface area contributed by atoms with Gasteiger partial charge in [-0.15, -0.1) is 0 Å². The summed E-state index contributed by atoms with van der Waals surface area (Å²) < 4.78 is 11.2. The van der Waals surface area contributed by atoms with E-state index in [1.807, 2.05) is 72.8 Å². The Labute approximate surface area is 164 Å². The first-order chi connectivity index (χ1) is 13.8. The average Bonchev–Trinajstić information content (AvgIpc) is 2.74. The van der Waals surface area contributed by atoms with Crippen LogP contribution in [0.4, 0.5) is 11.4 Å². The largest absolute Gasteiger partial charge is 0.486 e. The first-order valence-corrected chi connectivity index (χ1v) is 9.32. The molecule has 0 saturated heterocycles. The summed E-state index contributed by atoms with van der Waals surface area (Å²) in [7, 11) is 0. The number of anilines is 2. The molecule has 0 aromatic heterocycles. The van der Waals surface area contributed by atoms with E-state index < -0.39 is 0 Å². The van der Waals surface area contributed by atoms with Crippen LogP contribution in [0.1, 0.15) is 11.1 Å². The summed E-state index contributed by atoms with van der Waals surface area (Å²) >= 11 is 0. The monoisotopic (exact) mass is 374 g/mol. The van der Waals surface area contributed by atoms with Crippen molar-refractivity contribution in [3.8, 4) is 11.5 Å². The Morgan fingerprint density at radius 2 is 1.50 bits per heavy atom. The summed E-state index contributed by atoms with van der Waals surface area (Å²) in [6.07, 6.45) is 0.345. The van der Waals surface area contributed by atoms with Crippen molar-refractivity contribution in [2.75, 3.05) is 23.8 Å². The smallest absolute Gasteiger partial charge is 0.228 e. The van der Waals surface area contributed by atoms with Gasteiger partial charge in [-0.2, -0.15) is 0 Å². The molecule has 28 heavy (non-hydrogen) atoms. The Balaban J connectivity index is 1.30. The molecule has 0 fully saturated rings. The first kappa shape index (κ1) is 17.9. The molecule has 0 atom stereocenters. The van der Waals surface area contributed by atoms with Gasteiger partial charge in [0, 0.05) is 17.9 Å². The van der Waals surface area contributed by atoms with Gasteiger partial charge in [-0.25, -0.2) is 0 Å². The molecule has 0 radical (unpaired) electrons. The van der Waals surface area contributed by atoms with Crippen LogP contribution in [-0.2, 0) is 17.8 Å². The van der Waals surface area contributed by atoms with Crippen molar-refractivity contribution in [1.82, 2.24) is 0 Å². The summed E-state index contributed by atoms with van der Waals surface area (Å²) in [5.41, 5.74) is 3.90. The van der Waals surface area contributed by atoms with E-state index in [9.17, 15) is 4.79 Å². The van der Waals surface area contributed by atoms with Gasteiger partial charge >= 0.3 is 0 Å². The standard InChI is InChI=1S/C23H22N2O3/c26-23(25-20-4-2-1-3-5-20)15-17-6-9-19(10-7-17)24-16-18-8-11-21-22(14-18)28-13-12-27-21/h1-11,14,24H,12-13,15-16H2,(H,25,26). The molecule has 1 heterocycles. The molecule has 0 saturated carbocycles. The molecule has 4 rings (SSSR count). The van der Waals surface area contributed by atoms with E-state index in [1.165, 1.54) is 0 Å². The summed E-state index contributed by atoms with van der Waals surface area (Å²) in [5, 5.41) is 6.29. The van der Waals surface area contributed by atoms with Gasteiger partial charge in [0.2, 0.25) is 5.91 Å². The lowest BCUT2D eigenvalue weighted by atomic mass is 10.1. The third-order valence-corrected chi connectivity index (χ3v) is 4.48. The van der Waals surface area contributed by atoms with Crippen LogP contribution in [0.3, 0.4) is 0 Å². The normalized spacial score (nSPS) is 12.3. The number of fused-ring (bicyclic) bond motifs is 1. The number of rotatable bonds is 6. The van der Waals surface area contributed by atoms with Crippen molar-refractivity contribution in [2.24, 2.45) is 0 Å². The molecule has 3 aromatic carbocycles. The number of hydrogen-bond donors (Lipinski definition) is 2. The van der Waals surface area contributed by atoms with Crippen molar-refractivity contribution in [2.45, 2.75) is 13.0 Å². The highest BCUT2D eigenvalue weighted by Crippen LogP contribution is 2.30. The molecule has 3 aromatic rings. The van der Waals surface area contributed by atoms with Crippen LogP contribution in [-0.4, -0.2) is 19.1 Å². The predicted octanol–water partition coefficient (Wildman–Crippen LogP) is 4.25. The molecule has 5 heteroatoms. The Morgan fingerprint density at radius 3 is 2.29 bits per heavy atom. The van der Waals surface area contributed by atoms with Gasteiger partial charge in [-0.1, -0.05) is 36.4 Å². The van der Waals surface area contributed by atoms with Gasteiger partial charge in [-0.3, -0.25) is 4.79 Å². The first-order valence-electron chi connectivity index (χ1n) is 9.32. The SMILES string of the molecule is O=C(Cc1ccc(NCc2ccc3c(c2)OCCO3)cc1)Nc1ccccc1. The van der Waals surface area contributed by atoms with Crippen LogP contribution in [0.15, 0.2) is 72.8 Å². The fraction of sp³-hybridized carbons (Fsp3) is 0.174. The maximum atomic E-state index is 12.1. The molecule has 142 valence electrons. The molecule has 0 unspecified atom stereocenters. The molecule has 0 aliphatic carbocycles. The third kappa shape index (κ3) is 4.62. The van der Waals surface area contributed by atoms with Gasteiger partial charge in [0.05, 0.1) is 6.42 Å². The molecule has 1 aliphatic heterocycles. The minimum absolute atomic E-state index is 0.0248. The minimum atomic E-state index is -0.0248. The highest BCUT2D eigenvalue weighted by molar-refractivity contribution is 5.92. The van der Waals surface area contributed by atoms with Gasteiger partial charge in [0.1, 0.15) is 13.2 Å². The highest BCUT2D eigenvalue weighted by Gasteiger charge is 2.11. The third-order valence-electron chi connectivity index (χ3n) is 4.48. The maximum Gasteiger partial charge on any atom is 0.228 e. The van der Waals surface area contributed by atoms with Gasteiger partial charge in [0.15, 0.2) is 11.5 Å². The molecule has 0 bridgehead atoms. The van der Waals surface area contributed by atoms with E-state index in [2.05, 4.69) is 10.6 Å². The Morgan fingerprint density at radius 1 is 0.786 bits per heavy atom. The molecule has 2 N–H and O–H groups in total. The van der Waals surface area contributed by atoms with Crippen LogP contribution in [0, 0.1) is 0 Å². The Hall–Kier alpha value is -3.47. The van der Waals surface area contributed by atoms with Crippen LogP contribution in [0.5, 0.6) is 11.5 Å². The number of hydrogen-bond acceptors (Lipinski definition) is 4. The van der Waals surface area contributed by atoms with E-state index in [4.69, 9.17) is 9.47 Å². The van der Waals surface area contributed by atoms with E-state index in [0.29, 0.717) is 26.2 Å². The second-order valence-corrected chi connectivity index (χ2v) is 6.62. The average molecular weight is 374 g/mol. The number of nitrogens with one attached hydrogen (secondary N) is 2. The fourth-order valence-corrected chi connectivity index (χ4v) is 3.05. The number of carbonyl (C=O) groups is 1. The zero-order valence-corrected chi connectivity index (χ0v) is 15.5. The molecular formula is C23H22N2O3. The number of carbonyl (C=O) groups excluding carboxylic acids is 1. The minimum Gasteiger partial charge on any atom is -0.486 e. The van der Waals surface area contributed by atoms with Crippen LogP contribution < -0.4 is 20.1 Å². The number of amides is 1. The Kier molecular flexibility index (Phi) is 5.43. The van der Waals surface area contributed by atoms with Crippen LogP contribution in [0.2, 0.25) is 0 Å². The number of benzene rings is 3. The second kappa shape index (κ2) is 8.48. The summed E-state index contributed by atoms with van der Waals surface area (Å²) in [5.74, 6) is 1.57. The summed E-state index contributed by atoms with van der Waals surface area (Å²) in [6, 6.07) is 23.4. The van der Waals surface area contributed by atoms with Gasteiger partial charge in [-0.05, 0) is 47.5 Å². The highest BCUT2D eigenvalue weighted by atomic mass is 16.6. The fourth-order valence-electron chi connectivity index (χ4n) is 3.05. The van der Waals surface area contributed by atoms with Crippen molar-refractivity contribution in [1.29, 1.82) is 0 Å². The zero-order valence-electron chi connectivity index (χ0n) is 15.5. The van der Waals surface area contributed by atoms with Crippen LogP contribution in [0.25, 0.3) is 0 Å². The van der Waals surface area contributed by atoms with E-state index in [0.717, 1.165) is 34.0 Å². The topological polar surface area (TPSA) is 59.6 Å². The van der Waals surface area contributed by atoms with Gasteiger partial charge < -0.3 is 20.1 Å².